The molecule has 25 heavy (non-hydrogen) atoms. The molecular formula is C16H26ClN5O3. The fourth-order valence-corrected chi connectivity index (χ4v) is 3.10. The number of methoxy groups -OCH3 is 1. The molecule has 1 N–H and O–H groups in total. The number of ether oxygens (including phenoxy) is 1. The summed E-state index contributed by atoms with van der Waals surface area (Å²) < 4.78 is 6.46. The van der Waals surface area contributed by atoms with E-state index in [-0.39, 0.29) is 11.8 Å². The number of hydrogen-bond donors (Lipinski definition) is 1. The largest absolute Gasteiger partial charge is 0.385 e. The van der Waals surface area contributed by atoms with Gasteiger partial charge in [-0.15, -0.1) is 0 Å². The number of halogens is 1. The quantitative estimate of drug-likeness (QED) is 0.697. The Morgan fingerprint density at radius 2 is 1.96 bits per heavy atom. The van der Waals surface area contributed by atoms with E-state index in [0.29, 0.717) is 62.3 Å². The topological polar surface area (TPSA) is 79.7 Å². The van der Waals surface area contributed by atoms with E-state index in [0.717, 1.165) is 6.42 Å². The van der Waals surface area contributed by atoms with Crippen LogP contribution in [0, 0.1) is 6.92 Å². The van der Waals surface area contributed by atoms with Crippen LogP contribution >= 0.6 is 11.6 Å². The van der Waals surface area contributed by atoms with Gasteiger partial charge in [0.2, 0.25) is 5.91 Å². The van der Waals surface area contributed by atoms with E-state index in [1.807, 2.05) is 4.90 Å². The molecule has 0 bridgehead atoms. The average molecular weight is 372 g/mol. The van der Waals surface area contributed by atoms with Crippen LogP contribution in [0.3, 0.4) is 0 Å². The fourth-order valence-electron chi connectivity index (χ4n) is 2.84. The van der Waals surface area contributed by atoms with E-state index in [9.17, 15) is 9.59 Å². The third-order valence-electron chi connectivity index (χ3n) is 4.24. The average Bonchev–Trinajstić information content (AvgIpc) is 2.84. The van der Waals surface area contributed by atoms with Crippen LogP contribution in [0.4, 0.5) is 0 Å². The number of rotatable bonds is 7. The lowest BCUT2D eigenvalue weighted by Gasteiger charge is -2.34. The van der Waals surface area contributed by atoms with Crippen LogP contribution < -0.4 is 5.32 Å². The number of amides is 2. The molecule has 0 spiro atoms. The van der Waals surface area contributed by atoms with Crippen LogP contribution in [0.25, 0.3) is 0 Å². The van der Waals surface area contributed by atoms with Crippen LogP contribution in [0.2, 0.25) is 5.15 Å². The highest BCUT2D eigenvalue weighted by molar-refractivity contribution is 6.33. The standard InChI is InChI=1S/C16H26ClN5O3/c1-12-14(15(17)20(2)19-12)16(24)22-8-6-21(7-9-22)11-13(23)18-5-4-10-25-3/h4-11H2,1-3H3,(H,18,23). The van der Waals surface area contributed by atoms with E-state index in [1.165, 1.54) is 4.68 Å². The second-order valence-corrected chi connectivity index (χ2v) is 6.50. The van der Waals surface area contributed by atoms with E-state index in [1.54, 1.807) is 26.0 Å². The first-order valence-corrected chi connectivity index (χ1v) is 8.78. The number of hydrogen-bond acceptors (Lipinski definition) is 5. The summed E-state index contributed by atoms with van der Waals surface area (Å²) in [5.74, 6) is -0.0960. The Bertz CT molecular complexity index is 611. The summed E-state index contributed by atoms with van der Waals surface area (Å²) in [6, 6.07) is 0. The van der Waals surface area contributed by atoms with Gasteiger partial charge in [-0.05, 0) is 13.3 Å². The zero-order chi connectivity index (χ0) is 18.4. The lowest BCUT2D eigenvalue weighted by atomic mass is 10.2. The molecule has 0 aliphatic carbocycles. The van der Waals surface area contributed by atoms with Crippen molar-refractivity contribution in [2.75, 3.05) is 53.0 Å². The maximum absolute atomic E-state index is 12.7. The van der Waals surface area contributed by atoms with Crippen LogP contribution in [0.5, 0.6) is 0 Å². The van der Waals surface area contributed by atoms with Crippen molar-refractivity contribution >= 4 is 23.4 Å². The SMILES string of the molecule is COCCCNC(=O)CN1CCN(C(=O)c2c(C)nn(C)c2Cl)CC1. The van der Waals surface area contributed by atoms with Gasteiger partial charge in [0.1, 0.15) is 5.15 Å². The summed E-state index contributed by atoms with van der Waals surface area (Å²) in [5.41, 5.74) is 1.10. The van der Waals surface area contributed by atoms with E-state index < -0.39 is 0 Å². The van der Waals surface area contributed by atoms with Gasteiger partial charge in [0.25, 0.3) is 5.91 Å². The smallest absolute Gasteiger partial charge is 0.258 e. The molecule has 1 aliphatic rings. The van der Waals surface area contributed by atoms with Crippen LogP contribution in [-0.4, -0.2) is 84.4 Å². The van der Waals surface area contributed by atoms with Crippen molar-refractivity contribution in [3.63, 3.8) is 0 Å². The molecule has 0 aromatic carbocycles. The molecule has 1 aliphatic heterocycles. The first-order valence-electron chi connectivity index (χ1n) is 8.40. The molecule has 1 aromatic heterocycles. The summed E-state index contributed by atoms with van der Waals surface area (Å²) in [4.78, 5) is 28.4. The maximum atomic E-state index is 12.7. The molecule has 2 heterocycles. The molecule has 1 saturated heterocycles. The normalized spacial score (nSPS) is 15.4. The highest BCUT2D eigenvalue weighted by atomic mass is 35.5. The van der Waals surface area contributed by atoms with Crippen LogP contribution in [0.15, 0.2) is 0 Å². The van der Waals surface area contributed by atoms with Gasteiger partial charge in [-0.25, -0.2) is 0 Å². The van der Waals surface area contributed by atoms with E-state index in [4.69, 9.17) is 16.3 Å². The van der Waals surface area contributed by atoms with Crippen molar-refractivity contribution < 1.29 is 14.3 Å². The number of aryl methyl sites for hydroxylation is 2. The Labute approximate surface area is 153 Å². The molecule has 0 radical (unpaired) electrons. The van der Waals surface area contributed by atoms with Gasteiger partial charge in [-0.1, -0.05) is 11.6 Å². The number of aromatic nitrogens is 2. The second kappa shape index (κ2) is 9.17. The Hall–Kier alpha value is -1.64. The van der Waals surface area contributed by atoms with Crippen molar-refractivity contribution in [1.82, 2.24) is 24.9 Å². The van der Waals surface area contributed by atoms with Crippen molar-refractivity contribution in [2.45, 2.75) is 13.3 Å². The summed E-state index contributed by atoms with van der Waals surface area (Å²) >= 11 is 6.18. The summed E-state index contributed by atoms with van der Waals surface area (Å²) in [5, 5.41) is 7.42. The lowest BCUT2D eigenvalue weighted by molar-refractivity contribution is -0.122. The Morgan fingerprint density at radius 1 is 1.28 bits per heavy atom. The minimum atomic E-state index is -0.0979. The second-order valence-electron chi connectivity index (χ2n) is 6.14. The van der Waals surface area contributed by atoms with Gasteiger partial charge < -0.3 is 15.0 Å². The number of nitrogens with zero attached hydrogens (tertiary/aromatic N) is 4. The van der Waals surface area contributed by atoms with Gasteiger partial charge in [0, 0.05) is 53.5 Å². The molecule has 1 fully saturated rings. The first kappa shape index (κ1) is 19.7. The van der Waals surface area contributed by atoms with Gasteiger partial charge in [0.05, 0.1) is 17.8 Å². The number of carbonyl (C=O) groups is 2. The number of nitrogens with one attached hydrogen (secondary N) is 1. The monoisotopic (exact) mass is 371 g/mol. The van der Waals surface area contributed by atoms with Crippen LogP contribution in [0.1, 0.15) is 22.5 Å². The molecular weight excluding hydrogens is 346 g/mol. The molecule has 0 atom stereocenters. The molecule has 0 unspecified atom stereocenters. The molecule has 9 heteroatoms. The molecule has 140 valence electrons. The van der Waals surface area contributed by atoms with Gasteiger partial charge in [-0.3, -0.25) is 19.2 Å². The van der Waals surface area contributed by atoms with Crippen molar-refractivity contribution in [1.29, 1.82) is 0 Å². The molecule has 2 rings (SSSR count). The van der Waals surface area contributed by atoms with Crippen molar-refractivity contribution in [2.24, 2.45) is 7.05 Å². The van der Waals surface area contributed by atoms with Crippen molar-refractivity contribution in [3.8, 4) is 0 Å². The maximum Gasteiger partial charge on any atom is 0.258 e. The third-order valence-corrected chi connectivity index (χ3v) is 4.67. The Morgan fingerprint density at radius 3 is 2.52 bits per heavy atom. The number of piperazine rings is 1. The Kier molecular flexibility index (Phi) is 7.22. The summed E-state index contributed by atoms with van der Waals surface area (Å²) in [6.07, 6.45) is 0.801. The lowest BCUT2D eigenvalue weighted by Crippen LogP contribution is -2.51. The first-order chi connectivity index (χ1) is 11.9. The number of carbonyl (C=O) groups excluding carboxylic acids is 2. The van der Waals surface area contributed by atoms with E-state index >= 15 is 0 Å². The highest BCUT2D eigenvalue weighted by Crippen LogP contribution is 2.21. The van der Waals surface area contributed by atoms with Gasteiger partial charge in [0.15, 0.2) is 0 Å². The van der Waals surface area contributed by atoms with Gasteiger partial charge in [-0.2, -0.15) is 5.10 Å². The van der Waals surface area contributed by atoms with Crippen LogP contribution in [-0.2, 0) is 16.6 Å². The summed E-state index contributed by atoms with van der Waals surface area (Å²) in [7, 11) is 3.36. The zero-order valence-corrected chi connectivity index (χ0v) is 15.8. The summed E-state index contributed by atoms with van der Waals surface area (Å²) in [6.45, 7) is 5.84. The van der Waals surface area contributed by atoms with E-state index in [2.05, 4.69) is 10.4 Å². The predicted octanol–water partition coefficient (Wildman–Crippen LogP) is 0.292. The van der Waals surface area contributed by atoms with Gasteiger partial charge >= 0.3 is 0 Å². The zero-order valence-electron chi connectivity index (χ0n) is 15.0. The molecule has 1 aromatic rings. The highest BCUT2D eigenvalue weighted by Gasteiger charge is 2.27. The minimum Gasteiger partial charge on any atom is -0.385 e. The third kappa shape index (κ3) is 5.17. The molecule has 2 amide bonds. The molecule has 8 nitrogen and oxygen atoms in total. The molecule has 0 saturated carbocycles. The fraction of sp³-hybridized carbons (Fsp3) is 0.688. The minimum absolute atomic E-state index is 0.00188. The predicted molar refractivity (Wildman–Crippen MR) is 94.8 cm³/mol. The Balaban J connectivity index is 1.79. The van der Waals surface area contributed by atoms with Crippen molar-refractivity contribution in [3.05, 3.63) is 16.4 Å².